The van der Waals surface area contributed by atoms with Crippen LogP contribution in [0, 0.1) is 0 Å². The lowest BCUT2D eigenvalue weighted by atomic mass is 10.2. The highest BCUT2D eigenvalue weighted by Crippen LogP contribution is 2.27. The van der Waals surface area contributed by atoms with E-state index < -0.39 is 0 Å². The number of hydrogen-bond acceptors (Lipinski definition) is 2. The second-order valence-electron chi connectivity index (χ2n) is 2.78. The number of benzene rings is 1. The topological polar surface area (TPSA) is 29.5 Å². The molecule has 0 spiro atoms. The minimum absolute atomic E-state index is 0.180. The van der Waals surface area contributed by atoms with Gasteiger partial charge >= 0.3 is 0 Å². The average molecular weight is 178 g/mol. The Morgan fingerprint density at radius 1 is 1.54 bits per heavy atom. The summed E-state index contributed by atoms with van der Waals surface area (Å²) >= 11 is 0. The second kappa shape index (κ2) is 4.55. The second-order valence-corrected chi connectivity index (χ2v) is 2.78. The van der Waals surface area contributed by atoms with E-state index in [0.717, 1.165) is 12.0 Å². The van der Waals surface area contributed by atoms with E-state index in [9.17, 15) is 5.11 Å². The molecule has 1 aromatic carbocycles. The maximum Gasteiger partial charge on any atom is 0.161 e. The quantitative estimate of drug-likeness (QED) is 0.768. The van der Waals surface area contributed by atoms with Crippen molar-refractivity contribution in [3.05, 3.63) is 30.3 Å². The lowest BCUT2D eigenvalue weighted by Gasteiger charge is -2.07. The maximum atomic E-state index is 9.40. The van der Waals surface area contributed by atoms with Gasteiger partial charge in [0.1, 0.15) is 0 Å². The lowest BCUT2D eigenvalue weighted by Crippen LogP contribution is -1.95. The van der Waals surface area contributed by atoms with Crippen LogP contribution in [0.1, 0.15) is 18.9 Å². The van der Waals surface area contributed by atoms with Crippen molar-refractivity contribution in [2.45, 2.75) is 13.3 Å². The third-order valence-electron chi connectivity index (χ3n) is 1.68. The van der Waals surface area contributed by atoms with Gasteiger partial charge in [-0.3, -0.25) is 0 Å². The lowest BCUT2D eigenvalue weighted by molar-refractivity contribution is 0.299. The van der Waals surface area contributed by atoms with Gasteiger partial charge in [-0.2, -0.15) is 0 Å². The largest absolute Gasteiger partial charge is 0.504 e. The standard InChI is InChI=1S/C11H14O2/c1-3-7-13-11-8-9(4-2)5-6-10(11)12/h4-6,8,12H,2-3,7H2,1H3. The highest BCUT2D eigenvalue weighted by molar-refractivity contribution is 5.53. The van der Waals surface area contributed by atoms with Gasteiger partial charge in [-0.15, -0.1) is 0 Å². The number of rotatable bonds is 4. The molecule has 0 aromatic heterocycles. The molecule has 0 fully saturated rings. The predicted molar refractivity (Wildman–Crippen MR) is 54.0 cm³/mol. The van der Waals surface area contributed by atoms with E-state index >= 15 is 0 Å². The van der Waals surface area contributed by atoms with Crippen LogP contribution in [-0.4, -0.2) is 11.7 Å². The molecule has 0 radical (unpaired) electrons. The molecule has 0 bridgehead atoms. The van der Waals surface area contributed by atoms with Gasteiger partial charge in [-0.05, 0) is 24.1 Å². The molecular weight excluding hydrogens is 164 g/mol. The van der Waals surface area contributed by atoms with Crippen LogP contribution in [0.4, 0.5) is 0 Å². The average Bonchev–Trinajstić information content (AvgIpc) is 2.17. The normalized spacial score (nSPS) is 9.62. The molecule has 0 aliphatic rings. The van der Waals surface area contributed by atoms with Crippen molar-refractivity contribution in [2.24, 2.45) is 0 Å². The minimum Gasteiger partial charge on any atom is -0.504 e. The van der Waals surface area contributed by atoms with E-state index in [4.69, 9.17) is 4.74 Å². The van der Waals surface area contributed by atoms with Crippen LogP contribution < -0.4 is 4.74 Å². The van der Waals surface area contributed by atoms with Crippen molar-refractivity contribution in [3.63, 3.8) is 0 Å². The van der Waals surface area contributed by atoms with Gasteiger partial charge in [-0.1, -0.05) is 25.6 Å². The molecule has 2 nitrogen and oxygen atoms in total. The first-order valence-electron chi connectivity index (χ1n) is 4.36. The summed E-state index contributed by atoms with van der Waals surface area (Å²) in [5.41, 5.74) is 0.948. The smallest absolute Gasteiger partial charge is 0.161 e. The Balaban J connectivity index is 2.83. The Morgan fingerprint density at radius 3 is 2.92 bits per heavy atom. The van der Waals surface area contributed by atoms with Crippen LogP contribution in [0.15, 0.2) is 24.8 Å². The summed E-state index contributed by atoms with van der Waals surface area (Å²) in [7, 11) is 0. The fraction of sp³-hybridized carbons (Fsp3) is 0.273. The summed E-state index contributed by atoms with van der Waals surface area (Å²) in [5.74, 6) is 0.707. The third kappa shape index (κ3) is 2.51. The van der Waals surface area contributed by atoms with Crippen molar-refractivity contribution in [3.8, 4) is 11.5 Å². The first-order valence-corrected chi connectivity index (χ1v) is 4.36. The summed E-state index contributed by atoms with van der Waals surface area (Å²) in [5, 5.41) is 9.40. The van der Waals surface area contributed by atoms with Gasteiger partial charge in [-0.25, -0.2) is 0 Å². The fourth-order valence-corrected chi connectivity index (χ4v) is 0.985. The fourth-order valence-electron chi connectivity index (χ4n) is 0.985. The first kappa shape index (κ1) is 9.65. The molecule has 2 heteroatoms. The first-order chi connectivity index (χ1) is 6.27. The molecule has 0 aliphatic carbocycles. The molecule has 1 rings (SSSR count). The zero-order chi connectivity index (χ0) is 9.68. The van der Waals surface area contributed by atoms with E-state index in [1.165, 1.54) is 0 Å². The summed E-state index contributed by atoms with van der Waals surface area (Å²) in [4.78, 5) is 0. The van der Waals surface area contributed by atoms with Crippen LogP contribution in [0.3, 0.4) is 0 Å². The van der Waals surface area contributed by atoms with Crippen LogP contribution in [0.5, 0.6) is 11.5 Å². The van der Waals surface area contributed by atoms with Crippen molar-refractivity contribution in [1.29, 1.82) is 0 Å². The Morgan fingerprint density at radius 2 is 2.31 bits per heavy atom. The monoisotopic (exact) mass is 178 g/mol. The van der Waals surface area contributed by atoms with E-state index in [2.05, 4.69) is 6.58 Å². The number of phenols is 1. The van der Waals surface area contributed by atoms with Crippen LogP contribution in [-0.2, 0) is 0 Å². The molecule has 0 atom stereocenters. The van der Waals surface area contributed by atoms with Gasteiger partial charge < -0.3 is 9.84 Å². The van der Waals surface area contributed by atoms with E-state index in [1.807, 2.05) is 6.92 Å². The zero-order valence-corrected chi connectivity index (χ0v) is 7.79. The van der Waals surface area contributed by atoms with Crippen molar-refractivity contribution >= 4 is 6.08 Å². The highest BCUT2D eigenvalue weighted by Gasteiger charge is 2.01. The Kier molecular flexibility index (Phi) is 3.38. The molecular formula is C11H14O2. The zero-order valence-electron chi connectivity index (χ0n) is 7.79. The Hall–Kier alpha value is -1.44. The molecule has 0 amide bonds. The molecule has 0 saturated carbocycles. The van der Waals surface area contributed by atoms with Gasteiger partial charge in [0.15, 0.2) is 11.5 Å². The van der Waals surface area contributed by atoms with Crippen molar-refractivity contribution in [2.75, 3.05) is 6.61 Å². The maximum absolute atomic E-state index is 9.40. The summed E-state index contributed by atoms with van der Waals surface area (Å²) in [6, 6.07) is 5.18. The molecule has 70 valence electrons. The molecule has 1 aromatic rings. The minimum atomic E-state index is 0.180. The van der Waals surface area contributed by atoms with E-state index in [1.54, 1.807) is 24.3 Å². The summed E-state index contributed by atoms with van der Waals surface area (Å²) in [6.45, 7) is 6.29. The molecule has 0 unspecified atom stereocenters. The van der Waals surface area contributed by atoms with Gasteiger partial charge in [0, 0.05) is 0 Å². The van der Waals surface area contributed by atoms with Crippen LogP contribution in [0.2, 0.25) is 0 Å². The predicted octanol–water partition coefficient (Wildman–Crippen LogP) is 2.82. The van der Waals surface area contributed by atoms with Crippen LogP contribution >= 0.6 is 0 Å². The van der Waals surface area contributed by atoms with Gasteiger partial charge in [0.2, 0.25) is 0 Å². The third-order valence-corrected chi connectivity index (χ3v) is 1.68. The van der Waals surface area contributed by atoms with E-state index in [-0.39, 0.29) is 5.75 Å². The Labute approximate surface area is 78.5 Å². The SMILES string of the molecule is C=Cc1ccc(O)c(OCCC)c1. The van der Waals surface area contributed by atoms with Crippen molar-refractivity contribution < 1.29 is 9.84 Å². The van der Waals surface area contributed by atoms with Crippen molar-refractivity contribution in [1.82, 2.24) is 0 Å². The number of aromatic hydroxyl groups is 1. The molecule has 0 heterocycles. The number of hydrogen-bond donors (Lipinski definition) is 1. The van der Waals surface area contributed by atoms with Gasteiger partial charge in [0.25, 0.3) is 0 Å². The van der Waals surface area contributed by atoms with Crippen LogP contribution in [0.25, 0.3) is 6.08 Å². The number of phenolic OH excluding ortho intramolecular Hbond substituents is 1. The molecule has 13 heavy (non-hydrogen) atoms. The molecule has 0 aliphatic heterocycles. The number of ether oxygens (including phenoxy) is 1. The summed E-state index contributed by atoms with van der Waals surface area (Å²) < 4.78 is 5.33. The highest BCUT2D eigenvalue weighted by atomic mass is 16.5. The van der Waals surface area contributed by atoms with Gasteiger partial charge in [0.05, 0.1) is 6.61 Å². The summed E-state index contributed by atoms with van der Waals surface area (Å²) in [6.07, 6.45) is 2.65. The molecule has 1 N–H and O–H groups in total. The Bertz CT molecular complexity index is 292. The molecule has 0 saturated heterocycles. The van der Waals surface area contributed by atoms with E-state index in [0.29, 0.717) is 12.4 Å².